The summed E-state index contributed by atoms with van der Waals surface area (Å²) < 4.78 is 57.1. The van der Waals surface area contributed by atoms with E-state index in [4.69, 9.17) is 10.5 Å². The van der Waals surface area contributed by atoms with Crippen LogP contribution in [0.25, 0.3) is 0 Å². The maximum atomic E-state index is 14.0. The van der Waals surface area contributed by atoms with Gasteiger partial charge in [0.25, 0.3) is 5.91 Å². The molecule has 1 aromatic carbocycles. The molecule has 8 heteroatoms. The average Bonchev–Trinajstić information content (AvgIpc) is 2.45. The highest BCUT2D eigenvalue weighted by atomic mass is 19.4. The average molecular weight is 306 g/mol. The highest BCUT2D eigenvalue weighted by Crippen LogP contribution is 2.32. The van der Waals surface area contributed by atoms with Gasteiger partial charge >= 0.3 is 6.18 Å². The van der Waals surface area contributed by atoms with Gasteiger partial charge in [0.15, 0.2) is 0 Å². The molecule has 0 bridgehead atoms. The van der Waals surface area contributed by atoms with Crippen molar-refractivity contribution in [2.45, 2.75) is 12.2 Å². The standard InChI is InChI=1S/C13H14F4N2O2/c14-11-9(2-1-3-10(11)13(15,16)17)12(20)19-4-5-21-7-8(19)6-18/h1-3,8H,4-7,18H2. The predicted octanol–water partition coefficient (Wildman–Crippen LogP) is 1.64. The van der Waals surface area contributed by atoms with Crippen LogP contribution in [0.5, 0.6) is 0 Å². The summed E-state index contributed by atoms with van der Waals surface area (Å²) in [6.07, 6.45) is -4.85. The van der Waals surface area contributed by atoms with Crippen LogP contribution in [0.1, 0.15) is 15.9 Å². The number of ether oxygens (including phenoxy) is 1. The third kappa shape index (κ3) is 3.16. The zero-order valence-electron chi connectivity index (χ0n) is 11.0. The Morgan fingerprint density at radius 3 is 2.76 bits per heavy atom. The number of nitrogens with two attached hydrogens (primary N) is 1. The summed E-state index contributed by atoms with van der Waals surface area (Å²) in [6, 6.07) is 2.18. The fourth-order valence-corrected chi connectivity index (χ4v) is 2.19. The smallest absolute Gasteiger partial charge is 0.377 e. The van der Waals surface area contributed by atoms with Gasteiger partial charge in [-0.15, -0.1) is 0 Å². The molecule has 1 aliphatic rings. The molecule has 0 aromatic heterocycles. The van der Waals surface area contributed by atoms with Crippen molar-refractivity contribution >= 4 is 5.91 Å². The van der Waals surface area contributed by atoms with Crippen molar-refractivity contribution in [3.8, 4) is 0 Å². The van der Waals surface area contributed by atoms with Gasteiger partial charge in [-0.05, 0) is 12.1 Å². The summed E-state index contributed by atoms with van der Waals surface area (Å²) in [6.45, 7) is 0.675. The van der Waals surface area contributed by atoms with E-state index >= 15 is 0 Å². The summed E-state index contributed by atoms with van der Waals surface area (Å²) in [7, 11) is 0. The lowest BCUT2D eigenvalue weighted by molar-refractivity contribution is -0.140. The normalized spacial score (nSPS) is 19.7. The van der Waals surface area contributed by atoms with Gasteiger partial charge in [0.2, 0.25) is 0 Å². The van der Waals surface area contributed by atoms with Crippen LogP contribution in [-0.4, -0.2) is 43.2 Å². The van der Waals surface area contributed by atoms with Crippen molar-refractivity contribution in [1.29, 1.82) is 0 Å². The number of morpholine rings is 1. The number of nitrogens with zero attached hydrogens (tertiary/aromatic N) is 1. The molecule has 21 heavy (non-hydrogen) atoms. The summed E-state index contributed by atoms with van der Waals surface area (Å²) in [5.41, 5.74) is 3.44. The molecule has 0 radical (unpaired) electrons. The van der Waals surface area contributed by atoms with E-state index in [1.54, 1.807) is 0 Å². The maximum Gasteiger partial charge on any atom is 0.419 e. The summed E-state index contributed by atoms with van der Waals surface area (Å²) in [4.78, 5) is 13.5. The van der Waals surface area contributed by atoms with Gasteiger partial charge in [0.05, 0.1) is 30.4 Å². The van der Waals surface area contributed by atoms with Gasteiger partial charge in [-0.3, -0.25) is 4.79 Å². The number of carbonyl (C=O) groups is 1. The molecule has 0 aliphatic carbocycles. The van der Waals surface area contributed by atoms with Crippen LogP contribution >= 0.6 is 0 Å². The van der Waals surface area contributed by atoms with Gasteiger partial charge < -0.3 is 15.4 Å². The Morgan fingerprint density at radius 1 is 1.43 bits per heavy atom. The molecule has 1 saturated heterocycles. The molecule has 2 N–H and O–H groups in total. The number of benzene rings is 1. The fourth-order valence-electron chi connectivity index (χ4n) is 2.19. The molecular weight excluding hydrogens is 292 g/mol. The summed E-state index contributed by atoms with van der Waals surface area (Å²) in [5.74, 6) is -2.37. The highest BCUT2D eigenvalue weighted by molar-refractivity contribution is 5.95. The number of amides is 1. The molecule has 0 spiro atoms. The van der Waals surface area contributed by atoms with Crippen LogP contribution in [0, 0.1) is 5.82 Å². The van der Waals surface area contributed by atoms with Gasteiger partial charge in [-0.25, -0.2) is 4.39 Å². The van der Waals surface area contributed by atoms with Crippen LogP contribution in [0.4, 0.5) is 17.6 Å². The second-order valence-electron chi connectivity index (χ2n) is 4.63. The Bertz CT molecular complexity index is 533. The van der Waals surface area contributed by atoms with Crippen molar-refractivity contribution < 1.29 is 27.1 Å². The van der Waals surface area contributed by atoms with Crippen LogP contribution in [-0.2, 0) is 10.9 Å². The van der Waals surface area contributed by atoms with Gasteiger partial charge in [-0.1, -0.05) is 6.07 Å². The molecule has 0 saturated carbocycles. The van der Waals surface area contributed by atoms with E-state index in [1.165, 1.54) is 4.90 Å². The summed E-state index contributed by atoms with van der Waals surface area (Å²) >= 11 is 0. The number of rotatable bonds is 2. The van der Waals surface area contributed by atoms with E-state index in [1.807, 2.05) is 0 Å². The summed E-state index contributed by atoms with van der Waals surface area (Å²) in [5, 5.41) is 0. The maximum absolute atomic E-state index is 14.0. The molecule has 1 amide bonds. The SMILES string of the molecule is NCC1COCCN1C(=O)c1cccc(C(F)(F)F)c1F. The number of alkyl halides is 3. The molecule has 116 valence electrons. The first-order valence-electron chi connectivity index (χ1n) is 6.30. The van der Waals surface area contributed by atoms with E-state index in [0.29, 0.717) is 6.07 Å². The second kappa shape index (κ2) is 5.98. The first kappa shape index (κ1) is 15.7. The minimum absolute atomic E-state index is 0.0896. The quantitative estimate of drug-likeness (QED) is 0.845. The zero-order chi connectivity index (χ0) is 15.6. The number of halogens is 4. The predicted molar refractivity (Wildman–Crippen MR) is 66.1 cm³/mol. The van der Waals surface area contributed by atoms with Gasteiger partial charge in [-0.2, -0.15) is 13.2 Å². The fraction of sp³-hybridized carbons (Fsp3) is 0.462. The monoisotopic (exact) mass is 306 g/mol. The molecule has 1 aromatic rings. The third-order valence-electron chi connectivity index (χ3n) is 3.30. The molecule has 2 rings (SSSR count). The van der Waals surface area contributed by atoms with E-state index in [2.05, 4.69) is 0 Å². The number of hydrogen-bond donors (Lipinski definition) is 1. The first-order chi connectivity index (χ1) is 9.86. The minimum Gasteiger partial charge on any atom is -0.377 e. The zero-order valence-corrected chi connectivity index (χ0v) is 11.0. The first-order valence-corrected chi connectivity index (χ1v) is 6.30. The van der Waals surface area contributed by atoms with Crippen molar-refractivity contribution in [3.63, 3.8) is 0 Å². The van der Waals surface area contributed by atoms with Crippen LogP contribution in [0.2, 0.25) is 0 Å². The van der Waals surface area contributed by atoms with E-state index in [9.17, 15) is 22.4 Å². The van der Waals surface area contributed by atoms with Crippen molar-refractivity contribution in [3.05, 3.63) is 35.1 Å². The van der Waals surface area contributed by atoms with Crippen molar-refractivity contribution in [2.75, 3.05) is 26.3 Å². The third-order valence-corrected chi connectivity index (χ3v) is 3.30. The van der Waals surface area contributed by atoms with Crippen LogP contribution < -0.4 is 5.73 Å². The molecule has 1 aliphatic heterocycles. The van der Waals surface area contributed by atoms with Crippen molar-refractivity contribution in [1.82, 2.24) is 4.90 Å². The molecule has 1 atom stereocenters. The van der Waals surface area contributed by atoms with E-state index < -0.39 is 35.1 Å². The van der Waals surface area contributed by atoms with Crippen LogP contribution in [0.3, 0.4) is 0 Å². The minimum atomic E-state index is -4.85. The lowest BCUT2D eigenvalue weighted by Crippen LogP contribution is -2.52. The number of hydrogen-bond acceptors (Lipinski definition) is 3. The lowest BCUT2D eigenvalue weighted by atomic mass is 10.1. The van der Waals surface area contributed by atoms with Crippen LogP contribution in [0.15, 0.2) is 18.2 Å². The lowest BCUT2D eigenvalue weighted by Gasteiger charge is -2.35. The Labute approximate surface area is 118 Å². The van der Waals surface area contributed by atoms with Gasteiger partial charge in [0, 0.05) is 13.1 Å². The molecule has 1 unspecified atom stereocenters. The molecule has 1 fully saturated rings. The molecule has 4 nitrogen and oxygen atoms in total. The topological polar surface area (TPSA) is 55.6 Å². The van der Waals surface area contributed by atoms with E-state index in [-0.39, 0.29) is 26.3 Å². The highest BCUT2D eigenvalue weighted by Gasteiger charge is 2.37. The largest absolute Gasteiger partial charge is 0.419 e. The van der Waals surface area contributed by atoms with E-state index in [0.717, 1.165) is 12.1 Å². The second-order valence-corrected chi connectivity index (χ2v) is 4.63. The molecule has 1 heterocycles. The van der Waals surface area contributed by atoms with Gasteiger partial charge in [0.1, 0.15) is 5.82 Å². The van der Waals surface area contributed by atoms with Crippen molar-refractivity contribution in [2.24, 2.45) is 5.73 Å². The Morgan fingerprint density at radius 2 is 2.14 bits per heavy atom. The Kier molecular flexibility index (Phi) is 4.48. The molecular formula is C13H14F4N2O2. The Hall–Kier alpha value is -1.67. The number of carbonyl (C=O) groups excluding carboxylic acids is 1. The Balaban J connectivity index is 2.35.